The summed E-state index contributed by atoms with van der Waals surface area (Å²) in [6.45, 7) is 0. The molecule has 1 aliphatic rings. The molecule has 0 aromatic heterocycles. The number of aliphatic hydroxyl groups excluding tert-OH is 1. The SMILES string of the molecule is O=C1C(CC[C@H](O)c2ccc(F)cc2)C(c2ccc(-c3cccc(B(O)O)c3)cc2)N1c1ccc(F)cc1. The molecule has 1 saturated heterocycles. The first-order valence-electron chi connectivity index (χ1n) is 12.4. The number of rotatable bonds is 8. The smallest absolute Gasteiger partial charge is 0.423 e. The van der Waals surface area contributed by atoms with Crippen LogP contribution in [0.5, 0.6) is 0 Å². The molecule has 0 aliphatic carbocycles. The third-order valence-electron chi connectivity index (χ3n) is 7.09. The van der Waals surface area contributed by atoms with Gasteiger partial charge in [0.05, 0.1) is 18.1 Å². The van der Waals surface area contributed by atoms with Crippen molar-refractivity contribution in [3.05, 3.63) is 120 Å². The Morgan fingerprint density at radius 2 is 1.45 bits per heavy atom. The highest BCUT2D eigenvalue weighted by Gasteiger charge is 2.48. The van der Waals surface area contributed by atoms with Crippen LogP contribution in [0.1, 0.15) is 36.1 Å². The van der Waals surface area contributed by atoms with Crippen LogP contribution in [-0.4, -0.2) is 28.2 Å². The van der Waals surface area contributed by atoms with Crippen molar-refractivity contribution in [2.75, 3.05) is 4.90 Å². The molecule has 1 aliphatic heterocycles. The molecule has 4 aromatic carbocycles. The Hall–Kier alpha value is -3.85. The molecule has 0 saturated carbocycles. The first-order valence-corrected chi connectivity index (χ1v) is 12.4. The van der Waals surface area contributed by atoms with Crippen LogP contribution in [0.3, 0.4) is 0 Å². The summed E-state index contributed by atoms with van der Waals surface area (Å²) in [6, 6.07) is 25.8. The highest BCUT2D eigenvalue weighted by Crippen LogP contribution is 2.46. The Balaban J connectivity index is 1.40. The summed E-state index contributed by atoms with van der Waals surface area (Å²) in [6.07, 6.45) is -0.0947. The molecule has 38 heavy (non-hydrogen) atoms. The fraction of sp³-hybridized carbons (Fsp3) is 0.167. The Labute approximate surface area is 219 Å². The lowest BCUT2D eigenvalue weighted by molar-refractivity contribution is -0.131. The van der Waals surface area contributed by atoms with Crippen LogP contribution in [-0.2, 0) is 4.79 Å². The zero-order chi connectivity index (χ0) is 26.8. The summed E-state index contributed by atoms with van der Waals surface area (Å²) in [4.78, 5) is 14.9. The zero-order valence-electron chi connectivity index (χ0n) is 20.4. The van der Waals surface area contributed by atoms with Crippen LogP contribution in [0.15, 0.2) is 97.1 Å². The van der Waals surface area contributed by atoms with Gasteiger partial charge < -0.3 is 20.1 Å². The van der Waals surface area contributed by atoms with Crippen LogP contribution >= 0.6 is 0 Å². The highest BCUT2D eigenvalue weighted by atomic mass is 19.1. The predicted octanol–water partition coefficient (Wildman–Crippen LogP) is 4.53. The Bertz CT molecular complexity index is 1410. The predicted molar refractivity (Wildman–Crippen MR) is 142 cm³/mol. The van der Waals surface area contributed by atoms with Crippen molar-refractivity contribution in [1.29, 1.82) is 0 Å². The number of carbonyl (C=O) groups is 1. The Morgan fingerprint density at radius 3 is 2.08 bits per heavy atom. The van der Waals surface area contributed by atoms with Gasteiger partial charge in [0.25, 0.3) is 0 Å². The molecule has 3 atom stereocenters. The average Bonchev–Trinajstić information content (AvgIpc) is 2.93. The standard InChI is InChI=1S/C30H26BF2NO4/c32-24-10-8-20(9-11-24)28(35)17-16-27-29(34(30(27)36)26-14-12-25(33)13-15-26)21-6-4-19(5-7-21)22-2-1-3-23(18-22)31(37)38/h1-15,18,27-29,35,37-38H,16-17H2/t27?,28-,29?/m0/s1. The number of anilines is 1. The molecule has 8 heteroatoms. The van der Waals surface area contributed by atoms with E-state index in [0.717, 1.165) is 16.7 Å². The van der Waals surface area contributed by atoms with Crippen molar-refractivity contribution in [3.63, 3.8) is 0 Å². The monoisotopic (exact) mass is 513 g/mol. The van der Waals surface area contributed by atoms with Crippen molar-refractivity contribution >= 4 is 24.2 Å². The summed E-state index contributed by atoms with van der Waals surface area (Å²) in [7, 11) is -1.56. The van der Waals surface area contributed by atoms with E-state index < -0.39 is 25.0 Å². The van der Waals surface area contributed by atoms with Crippen molar-refractivity contribution in [2.24, 2.45) is 5.92 Å². The highest BCUT2D eigenvalue weighted by molar-refractivity contribution is 6.58. The molecule has 192 valence electrons. The summed E-state index contributed by atoms with van der Waals surface area (Å²) < 4.78 is 26.8. The van der Waals surface area contributed by atoms with E-state index in [1.54, 1.807) is 35.2 Å². The topological polar surface area (TPSA) is 81.0 Å². The molecule has 5 nitrogen and oxygen atoms in total. The van der Waals surface area contributed by atoms with E-state index >= 15 is 0 Å². The van der Waals surface area contributed by atoms with Crippen LogP contribution in [0.25, 0.3) is 11.1 Å². The van der Waals surface area contributed by atoms with Crippen LogP contribution in [0.4, 0.5) is 14.5 Å². The van der Waals surface area contributed by atoms with E-state index in [1.807, 2.05) is 30.3 Å². The number of halogens is 2. The summed E-state index contributed by atoms with van der Waals surface area (Å²) in [5.74, 6) is -1.28. The van der Waals surface area contributed by atoms with E-state index in [0.29, 0.717) is 29.6 Å². The molecule has 0 bridgehead atoms. The molecule has 5 rings (SSSR count). The molecular formula is C30H26BF2NO4. The molecule has 1 heterocycles. The molecule has 4 aromatic rings. The number of hydrogen-bond acceptors (Lipinski definition) is 4. The molecule has 0 spiro atoms. The van der Waals surface area contributed by atoms with Crippen molar-refractivity contribution in [3.8, 4) is 11.1 Å². The number of amides is 1. The number of carbonyl (C=O) groups excluding carboxylic acids is 1. The second-order valence-corrected chi connectivity index (χ2v) is 9.50. The van der Waals surface area contributed by atoms with E-state index in [2.05, 4.69) is 0 Å². The number of β-lactam (4-membered cyclic amide) rings is 1. The van der Waals surface area contributed by atoms with Gasteiger partial charge >= 0.3 is 7.12 Å². The molecule has 1 amide bonds. The number of aliphatic hydroxyl groups is 1. The van der Waals surface area contributed by atoms with Gasteiger partial charge in [-0.3, -0.25) is 4.79 Å². The fourth-order valence-electron chi connectivity index (χ4n) is 5.04. The molecule has 0 radical (unpaired) electrons. The van der Waals surface area contributed by atoms with E-state index in [9.17, 15) is 28.7 Å². The third-order valence-corrected chi connectivity index (χ3v) is 7.09. The number of benzene rings is 4. The molecular weight excluding hydrogens is 487 g/mol. The van der Waals surface area contributed by atoms with E-state index in [4.69, 9.17) is 0 Å². The van der Waals surface area contributed by atoms with Gasteiger partial charge in [-0.25, -0.2) is 8.78 Å². The normalized spacial score (nSPS) is 17.7. The van der Waals surface area contributed by atoms with Gasteiger partial charge in [-0.15, -0.1) is 0 Å². The number of hydrogen-bond donors (Lipinski definition) is 3. The molecule has 2 unspecified atom stereocenters. The second kappa shape index (κ2) is 10.9. The summed E-state index contributed by atoms with van der Waals surface area (Å²) >= 11 is 0. The Kier molecular flexibility index (Phi) is 7.38. The first kappa shape index (κ1) is 25.8. The lowest BCUT2D eigenvalue weighted by atomic mass is 9.77. The third kappa shape index (κ3) is 5.24. The average molecular weight is 513 g/mol. The molecule has 1 fully saturated rings. The molecule has 3 N–H and O–H groups in total. The lowest BCUT2D eigenvalue weighted by Gasteiger charge is -2.48. The quantitative estimate of drug-likeness (QED) is 0.239. The van der Waals surface area contributed by atoms with Crippen LogP contribution < -0.4 is 10.4 Å². The van der Waals surface area contributed by atoms with Gasteiger partial charge in [-0.05, 0) is 77.0 Å². The fourth-order valence-corrected chi connectivity index (χ4v) is 5.04. The zero-order valence-corrected chi connectivity index (χ0v) is 20.4. The van der Waals surface area contributed by atoms with Gasteiger partial charge in [0, 0.05) is 5.69 Å². The summed E-state index contributed by atoms with van der Waals surface area (Å²) in [5.41, 5.74) is 4.14. The van der Waals surface area contributed by atoms with Gasteiger partial charge in [-0.1, -0.05) is 60.7 Å². The maximum Gasteiger partial charge on any atom is 0.488 e. The second-order valence-electron chi connectivity index (χ2n) is 9.50. The van der Waals surface area contributed by atoms with Crippen LogP contribution in [0, 0.1) is 17.6 Å². The Morgan fingerprint density at radius 1 is 0.816 bits per heavy atom. The van der Waals surface area contributed by atoms with Crippen LogP contribution in [0.2, 0.25) is 0 Å². The van der Waals surface area contributed by atoms with Crippen molar-refractivity contribution < 1.29 is 28.7 Å². The maximum absolute atomic E-state index is 13.6. The van der Waals surface area contributed by atoms with E-state index in [-0.39, 0.29) is 17.8 Å². The first-order chi connectivity index (χ1) is 18.3. The van der Waals surface area contributed by atoms with Crippen molar-refractivity contribution in [2.45, 2.75) is 25.0 Å². The van der Waals surface area contributed by atoms with Gasteiger partial charge in [0.2, 0.25) is 5.91 Å². The largest absolute Gasteiger partial charge is 0.488 e. The van der Waals surface area contributed by atoms with Gasteiger partial charge in [-0.2, -0.15) is 0 Å². The van der Waals surface area contributed by atoms with Crippen molar-refractivity contribution in [1.82, 2.24) is 0 Å². The van der Waals surface area contributed by atoms with Gasteiger partial charge in [0.1, 0.15) is 11.6 Å². The van der Waals surface area contributed by atoms with E-state index in [1.165, 1.54) is 36.4 Å². The number of nitrogens with zero attached hydrogens (tertiary/aromatic N) is 1. The lowest BCUT2D eigenvalue weighted by Crippen LogP contribution is -2.55. The van der Waals surface area contributed by atoms with Gasteiger partial charge in [0.15, 0.2) is 0 Å². The maximum atomic E-state index is 13.6. The minimum absolute atomic E-state index is 0.110. The minimum atomic E-state index is -1.56. The minimum Gasteiger partial charge on any atom is -0.423 e. The summed E-state index contributed by atoms with van der Waals surface area (Å²) in [5, 5.41) is 29.6.